The quantitative estimate of drug-likeness (QED) is 0.340. The number of hydrogen-bond acceptors (Lipinski definition) is 4. The Bertz CT molecular complexity index is 1320. The Kier molecular flexibility index (Phi) is 3.62. The van der Waals surface area contributed by atoms with Crippen LogP contribution >= 0.6 is 0 Å². The van der Waals surface area contributed by atoms with Crippen LogP contribution in [0.2, 0.25) is 0 Å². The Labute approximate surface area is 184 Å². The molecule has 0 unspecified atom stereocenters. The molecule has 3 aliphatic carbocycles. The molecule has 4 aliphatic rings. The van der Waals surface area contributed by atoms with Crippen molar-refractivity contribution < 1.29 is 14.5 Å². The van der Waals surface area contributed by atoms with Crippen LogP contribution in [0.25, 0.3) is 0 Å². The molecule has 0 aromatic heterocycles. The molecule has 1 saturated heterocycles. The summed E-state index contributed by atoms with van der Waals surface area (Å²) in [6.45, 7) is 3.54. The molecule has 0 saturated carbocycles. The monoisotopic (exact) mass is 424 g/mol. The van der Waals surface area contributed by atoms with E-state index in [-0.39, 0.29) is 35.0 Å². The maximum absolute atomic E-state index is 14.0. The van der Waals surface area contributed by atoms with Crippen molar-refractivity contribution in [1.29, 1.82) is 0 Å². The highest BCUT2D eigenvalue weighted by molar-refractivity contribution is 6.25. The minimum absolute atomic E-state index is 0.0994. The minimum atomic E-state index is -0.954. The van der Waals surface area contributed by atoms with Crippen molar-refractivity contribution in [2.75, 3.05) is 4.90 Å². The van der Waals surface area contributed by atoms with Gasteiger partial charge in [0.05, 0.1) is 21.9 Å². The van der Waals surface area contributed by atoms with Gasteiger partial charge >= 0.3 is 0 Å². The summed E-state index contributed by atoms with van der Waals surface area (Å²) in [7, 11) is 0. The average Bonchev–Trinajstić information content (AvgIpc) is 3.00. The number of nitro groups is 1. The van der Waals surface area contributed by atoms with Crippen molar-refractivity contribution in [3.8, 4) is 0 Å². The number of hydrogen-bond donors (Lipinski definition) is 0. The number of aryl methyl sites for hydroxylation is 1. The lowest BCUT2D eigenvalue weighted by molar-refractivity contribution is -0.385. The number of imide groups is 1. The Morgan fingerprint density at radius 3 is 2.03 bits per heavy atom. The summed E-state index contributed by atoms with van der Waals surface area (Å²) in [6, 6.07) is 20.7. The fraction of sp³-hybridized carbons (Fsp3) is 0.231. The molecule has 2 amide bonds. The number of nitrogens with zero attached hydrogens (tertiary/aromatic N) is 2. The van der Waals surface area contributed by atoms with Crippen LogP contribution in [0.5, 0.6) is 0 Å². The Morgan fingerprint density at radius 2 is 1.47 bits per heavy atom. The third-order valence-corrected chi connectivity index (χ3v) is 7.66. The molecular weight excluding hydrogens is 404 g/mol. The molecule has 158 valence electrons. The highest BCUT2D eigenvalue weighted by atomic mass is 16.6. The van der Waals surface area contributed by atoms with Gasteiger partial charge in [-0.25, -0.2) is 4.90 Å². The summed E-state index contributed by atoms with van der Waals surface area (Å²) >= 11 is 0. The number of benzene rings is 3. The fourth-order valence-electron chi connectivity index (χ4n) is 6.29. The molecule has 2 atom stereocenters. The summed E-state index contributed by atoms with van der Waals surface area (Å²) < 4.78 is 0. The maximum Gasteiger partial charge on any atom is 0.274 e. The zero-order valence-corrected chi connectivity index (χ0v) is 17.6. The molecule has 7 rings (SSSR count). The molecule has 1 heterocycles. The molecule has 1 aliphatic heterocycles. The molecule has 3 aromatic carbocycles. The third kappa shape index (κ3) is 2.09. The summed E-state index contributed by atoms with van der Waals surface area (Å²) in [4.78, 5) is 40.1. The molecule has 2 bridgehead atoms. The van der Waals surface area contributed by atoms with Gasteiger partial charge in [-0.2, -0.15) is 0 Å². The Morgan fingerprint density at radius 1 is 0.906 bits per heavy atom. The van der Waals surface area contributed by atoms with Crippen molar-refractivity contribution in [2.24, 2.45) is 11.3 Å². The summed E-state index contributed by atoms with van der Waals surface area (Å²) in [5.74, 6) is -1.59. The summed E-state index contributed by atoms with van der Waals surface area (Å²) in [5.41, 5.74) is 4.07. The standard InChI is InChI=1S/C26H20N2O4/c1-14-11-12-15(13-20(14)28(31)32)27-24(29)23-21-16-7-3-5-9-18(16)22(26(23,2)25(27)30)19-10-6-4-8-17(19)21/h3-13,21-23H,1-2H3/t21?,22?,23-,26+/m0/s1. The van der Waals surface area contributed by atoms with Crippen molar-refractivity contribution in [1.82, 2.24) is 0 Å². The first-order valence-electron chi connectivity index (χ1n) is 10.7. The number of rotatable bonds is 2. The Hall–Kier alpha value is -3.80. The lowest BCUT2D eigenvalue weighted by Gasteiger charge is -2.51. The second kappa shape index (κ2) is 6.13. The van der Waals surface area contributed by atoms with Crippen LogP contribution in [0.1, 0.15) is 46.6 Å². The van der Waals surface area contributed by atoms with Crippen LogP contribution in [0.4, 0.5) is 11.4 Å². The van der Waals surface area contributed by atoms with Gasteiger partial charge in [-0.3, -0.25) is 19.7 Å². The van der Waals surface area contributed by atoms with Crippen LogP contribution in [-0.4, -0.2) is 16.7 Å². The topological polar surface area (TPSA) is 80.5 Å². The first-order valence-corrected chi connectivity index (χ1v) is 10.7. The molecule has 6 nitrogen and oxygen atoms in total. The van der Waals surface area contributed by atoms with Crippen LogP contribution in [0, 0.1) is 28.4 Å². The van der Waals surface area contributed by atoms with E-state index in [9.17, 15) is 19.7 Å². The van der Waals surface area contributed by atoms with Gasteiger partial charge in [0.15, 0.2) is 0 Å². The van der Waals surface area contributed by atoms with Gasteiger partial charge in [-0.1, -0.05) is 54.6 Å². The molecule has 6 heteroatoms. The van der Waals surface area contributed by atoms with Crippen LogP contribution in [0.3, 0.4) is 0 Å². The van der Waals surface area contributed by atoms with Gasteiger partial charge in [0.2, 0.25) is 11.8 Å². The SMILES string of the molecule is Cc1ccc(N2C(=O)[C@@H]3C4c5ccccc5C(c5ccccc54)[C@@]3(C)C2=O)cc1[N+](=O)[O-]. The number of amides is 2. The van der Waals surface area contributed by atoms with Crippen LogP contribution in [0.15, 0.2) is 66.7 Å². The molecule has 1 fully saturated rings. The zero-order chi connectivity index (χ0) is 22.4. The lowest BCUT2D eigenvalue weighted by atomic mass is 9.48. The predicted molar refractivity (Wildman–Crippen MR) is 118 cm³/mol. The van der Waals surface area contributed by atoms with Crippen LogP contribution < -0.4 is 4.90 Å². The summed E-state index contributed by atoms with van der Waals surface area (Å²) in [6.07, 6.45) is 0. The van der Waals surface area contributed by atoms with E-state index in [0.717, 1.165) is 22.3 Å². The Balaban J connectivity index is 1.58. The van der Waals surface area contributed by atoms with Gasteiger partial charge in [0.1, 0.15) is 0 Å². The van der Waals surface area contributed by atoms with E-state index in [1.807, 2.05) is 31.2 Å². The number of carbonyl (C=O) groups is 2. The van der Waals surface area contributed by atoms with Crippen molar-refractivity contribution >= 4 is 23.2 Å². The molecule has 32 heavy (non-hydrogen) atoms. The lowest BCUT2D eigenvalue weighted by Crippen LogP contribution is -2.49. The molecular formula is C26H20N2O4. The maximum atomic E-state index is 14.0. The first kappa shape index (κ1) is 18.9. The van der Waals surface area contributed by atoms with E-state index in [1.165, 1.54) is 11.0 Å². The third-order valence-electron chi connectivity index (χ3n) is 7.66. The molecule has 0 N–H and O–H groups in total. The van der Waals surface area contributed by atoms with Gasteiger partial charge in [-0.15, -0.1) is 0 Å². The number of carbonyl (C=O) groups excluding carboxylic acids is 2. The van der Waals surface area contributed by atoms with E-state index >= 15 is 0 Å². The first-order chi connectivity index (χ1) is 15.4. The largest absolute Gasteiger partial charge is 0.274 e. The van der Waals surface area contributed by atoms with Gasteiger partial charge in [0.25, 0.3) is 5.69 Å². The van der Waals surface area contributed by atoms with Gasteiger partial charge in [-0.05, 0) is 42.2 Å². The average molecular weight is 424 g/mol. The van der Waals surface area contributed by atoms with Gasteiger partial charge in [0, 0.05) is 23.5 Å². The fourth-order valence-corrected chi connectivity index (χ4v) is 6.29. The zero-order valence-electron chi connectivity index (χ0n) is 17.6. The predicted octanol–water partition coefficient (Wildman–Crippen LogP) is 4.69. The normalized spacial score (nSPS) is 27.2. The minimum Gasteiger partial charge on any atom is -0.274 e. The molecule has 0 radical (unpaired) electrons. The smallest absolute Gasteiger partial charge is 0.274 e. The molecule has 0 spiro atoms. The van der Waals surface area contributed by atoms with E-state index in [1.54, 1.807) is 19.1 Å². The van der Waals surface area contributed by atoms with Crippen LogP contribution in [-0.2, 0) is 9.59 Å². The van der Waals surface area contributed by atoms with Gasteiger partial charge < -0.3 is 0 Å². The summed E-state index contributed by atoms with van der Waals surface area (Å²) in [5, 5.41) is 11.5. The van der Waals surface area contributed by atoms with E-state index in [4.69, 9.17) is 0 Å². The second-order valence-corrected chi connectivity index (χ2v) is 9.14. The highest BCUT2D eigenvalue weighted by Crippen LogP contribution is 2.67. The number of anilines is 1. The van der Waals surface area contributed by atoms with E-state index in [2.05, 4.69) is 24.3 Å². The number of nitro benzene ring substituents is 1. The van der Waals surface area contributed by atoms with E-state index < -0.39 is 16.3 Å². The van der Waals surface area contributed by atoms with Crippen molar-refractivity contribution in [3.05, 3.63) is 105 Å². The second-order valence-electron chi connectivity index (χ2n) is 9.14. The highest BCUT2D eigenvalue weighted by Gasteiger charge is 2.68. The molecule has 3 aromatic rings. The van der Waals surface area contributed by atoms with E-state index in [0.29, 0.717) is 5.56 Å². The van der Waals surface area contributed by atoms with Crippen molar-refractivity contribution in [2.45, 2.75) is 25.7 Å². The van der Waals surface area contributed by atoms with Crippen molar-refractivity contribution in [3.63, 3.8) is 0 Å².